The molecule has 1 atom stereocenters. The highest BCUT2D eigenvalue weighted by molar-refractivity contribution is 7.71. The van der Waals surface area contributed by atoms with Crippen LogP contribution in [0, 0.1) is 4.64 Å². The molecule has 0 saturated heterocycles. The second kappa shape index (κ2) is 5.67. The Morgan fingerprint density at radius 3 is 2.95 bits per heavy atom. The van der Waals surface area contributed by atoms with Gasteiger partial charge in [-0.15, -0.1) is 0 Å². The molecule has 7 heteroatoms. The van der Waals surface area contributed by atoms with Gasteiger partial charge >= 0.3 is 0 Å². The number of carbonyl (C=O) groups excluding carboxylic acids is 1. The Morgan fingerprint density at radius 2 is 2.19 bits per heavy atom. The molecular formula is C14H10Cl2N2O2S. The first-order chi connectivity index (χ1) is 10.1. The molecule has 108 valence electrons. The highest BCUT2D eigenvalue weighted by Crippen LogP contribution is 2.42. The summed E-state index contributed by atoms with van der Waals surface area (Å²) in [5.74, 6) is 0.261. The van der Waals surface area contributed by atoms with E-state index in [9.17, 15) is 4.79 Å². The van der Waals surface area contributed by atoms with E-state index in [4.69, 9.17) is 40.2 Å². The molecule has 1 aromatic heterocycles. The topological polar surface area (TPSA) is 54.1 Å². The molecule has 0 aliphatic carbocycles. The number of hydrogen-bond acceptors (Lipinski definition) is 3. The molecule has 4 nitrogen and oxygen atoms in total. The highest BCUT2D eigenvalue weighted by Gasteiger charge is 2.29. The van der Waals surface area contributed by atoms with Crippen molar-refractivity contribution in [2.45, 2.75) is 6.04 Å². The van der Waals surface area contributed by atoms with Crippen LogP contribution < -0.4 is 10.1 Å². The molecule has 2 N–H and O–H groups in total. The maximum absolute atomic E-state index is 12.3. The lowest BCUT2D eigenvalue weighted by molar-refractivity contribution is 0.0929. The van der Waals surface area contributed by atoms with Crippen molar-refractivity contribution in [2.24, 2.45) is 0 Å². The predicted octanol–water partition coefficient (Wildman–Crippen LogP) is 3.91. The van der Waals surface area contributed by atoms with Crippen molar-refractivity contribution in [3.8, 4) is 5.75 Å². The van der Waals surface area contributed by atoms with Gasteiger partial charge in [-0.3, -0.25) is 4.79 Å². The number of aromatic nitrogens is 1. The number of ether oxygens (including phenoxy) is 1. The van der Waals surface area contributed by atoms with Crippen molar-refractivity contribution in [3.63, 3.8) is 0 Å². The number of amides is 1. The summed E-state index contributed by atoms with van der Waals surface area (Å²) in [6.07, 6.45) is 1.68. The fraction of sp³-hybridized carbons (Fsp3) is 0.143. The molecule has 1 aliphatic heterocycles. The Morgan fingerprint density at radius 1 is 1.38 bits per heavy atom. The molecule has 2 heterocycles. The standard InChI is InChI=1S/C14H10Cl2N2O2S/c15-9-4-3-7-10(6-20-12(7)11(9)16)18-13(19)8-2-1-5-17-14(8)21/h1-5,10H,6H2,(H,17,21)(H,18,19)/t10-/m1/s1. The number of rotatable bonds is 2. The fourth-order valence-corrected chi connectivity index (χ4v) is 2.78. The molecule has 0 fully saturated rings. The van der Waals surface area contributed by atoms with Crippen molar-refractivity contribution < 1.29 is 9.53 Å². The van der Waals surface area contributed by atoms with Gasteiger partial charge in [0.25, 0.3) is 5.91 Å². The van der Waals surface area contributed by atoms with Crippen molar-refractivity contribution in [1.29, 1.82) is 0 Å². The first kappa shape index (κ1) is 14.4. The molecule has 21 heavy (non-hydrogen) atoms. The quantitative estimate of drug-likeness (QED) is 0.814. The summed E-state index contributed by atoms with van der Waals surface area (Å²) < 4.78 is 5.92. The monoisotopic (exact) mass is 340 g/mol. The van der Waals surface area contributed by atoms with Gasteiger partial charge in [-0.1, -0.05) is 41.5 Å². The summed E-state index contributed by atoms with van der Waals surface area (Å²) >= 11 is 17.1. The first-order valence-electron chi connectivity index (χ1n) is 6.17. The Hall–Kier alpha value is -1.56. The van der Waals surface area contributed by atoms with E-state index in [1.54, 1.807) is 30.5 Å². The van der Waals surface area contributed by atoms with E-state index in [2.05, 4.69) is 10.3 Å². The van der Waals surface area contributed by atoms with Gasteiger partial charge in [-0.05, 0) is 18.2 Å². The molecule has 2 aromatic rings. The van der Waals surface area contributed by atoms with Crippen LogP contribution in [0.4, 0.5) is 0 Å². The zero-order chi connectivity index (χ0) is 15.0. The number of nitrogens with one attached hydrogen (secondary N) is 2. The second-order valence-electron chi connectivity index (χ2n) is 4.53. The number of halogens is 2. The third-order valence-corrected chi connectivity index (χ3v) is 4.34. The SMILES string of the molecule is O=C(N[C@@H]1COc2c1ccc(Cl)c2Cl)c1ccc[nH]c1=S. The van der Waals surface area contributed by atoms with Gasteiger partial charge in [0.2, 0.25) is 0 Å². The predicted molar refractivity (Wildman–Crippen MR) is 83.8 cm³/mol. The van der Waals surface area contributed by atoms with E-state index in [0.717, 1.165) is 5.56 Å². The lowest BCUT2D eigenvalue weighted by atomic mass is 10.1. The van der Waals surface area contributed by atoms with E-state index in [1.807, 2.05) is 0 Å². The smallest absolute Gasteiger partial charge is 0.254 e. The molecule has 3 rings (SSSR count). The van der Waals surface area contributed by atoms with E-state index >= 15 is 0 Å². The summed E-state index contributed by atoms with van der Waals surface area (Å²) in [6.45, 7) is 0.310. The summed E-state index contributed by atoms with van der Waals surface area (Å²) in [5.41, 5.74) is 1.23. The molecule has 1 aromatic carbocycles. The summed E-state index contributed by atoms with van der Waals surface area (Å²) in [6, 6.07) is 6.59. The van der Waals surface area contributed by atoms with Gasteiger partial charge in [-0.25, -0.2) is 0 Å². The lowest BCUT2D eigenvalue weighted by Crippen LogP contribution is -2.29. The molecule has 0 saturated carbocycles. The summed E-state index contributed by atoms with van der Waals surface area (Å²) in [7, 11) is 0. The van der Waals surface area contributed by atoms with Crippen LogP contribution in [0.3, 0.4) is 0 Å². The fourth-order valence-electron chi connectivity index (χ4n) is 2.18. The minimum absolute atomic E-state index is 0.260. The zero-order valence-electron chi connectivity index (χ0n) is 10.7. The van der Waals surface area contributed by atoms with Crippen molar-refractivity contribution >= 4 is 41.3 Å². The maximum atomic E-state index is 12.3. The second-order valence-corrected chi connectivity index (χ2v) is 5.72. The third-order valence-electron chi connectivity index (χ3n) is 3.22. The Kier molecular flexibility index (Phi) is 3.89. The van der Waals surface area contributed by atoms with Crippen LogP contribution in [0.1, 0.15) is 22.0 Å². The van der Waals surface area contributed by atoms with Gasteiger partial charge in [-0.2, -0.15) is 0 Å². The molecule has 0 radical (unpaired) electrons. The normalized spacial score (nSPS) is 16.2. The minimum atomic E-state index is -0.281. The molecular weight excluding hydrogens is 331 g/mol. The Labute approximate surface area is 136 Å². The highest BCUT2D eigenvalue weighted by atomic mass is 35.5. The van der Waals surface area contributed by atoms with Crippen molar-refractivity contribution in [3.05, 3.63) is 56.3 Å². The van der Waals surface area contributed by atoms with Crippen LogP contribution in [0.15, 0.2) is 30.5 Å². The number of fused-ring (bicyclic) bond motifs is 1. The molecule has 0 bridgehead atoms. The minimum Gasteiger partial charge on any atom is -0.489 e. The number of pyridine rings is 1. The van der Waals surface area contributed by atoms with Crippen LogP contribution in [0.25, 0.3) is 0 Å². The van der Waals surface area contributed by atoms with Gasteiger partial charge in [0, 0.05) is 11.8 Å². The van der Waals surface area contributed by atoms with Gasteiger partial charge in [0.05, 0.1) is 16.6 Å². The molecule has 0 unspecified atom stereocenters. The average molecular weight is 341 g/mol. The Bertz CT molecular complexity index is 776. The number of aromatic amines is 1. The Balaban J connectivity index is 1.86. The van der Waals surface area contributed by atoms with Crippen LogP contribution >= 0.6 is 35.4 Å². The van der Waals surface area contributed by atoms with E-state index in [1.165, 1.54) is 0 Å². The van der Waals surface area contributed by atoms with E-state index in [0.29, 0.717) is 32.6 Å². The van der Waals surface area contributed by atoms with Gasteiger partial charge in [0.1, 0.15) is 22.0 Å². The van der Waals surface area contributed by atoms with E-state index in [-0.39, 0.29) is 11.9 Å². The summed E-state index contributed by atoms with van der Waals surface area (Å²) in [4.78, 5) is 15.1. The molecule has 0 spiro atoms. The lowest BCUT2D eigenvalue weighted by Gasteiger charge is -2.12. The van der Waals surface area contributed by atoms with Crippen LogP contribution in [0.5, 0.6) is 5.75 Å². The average Bonchev–Trinajstić information content (AvgIpc) is 2.87. The number of H-pyrrole nitrogens is 1. The van der Waals surface area contributed by atoms with Crippen LogP contribution in [0.2, 0.25) is 10.0 Å². The number of benzene rings is 1. The van der Waals surface area contributed by atoms with Gasteiger partial charge in [0.15, 0.2) is 0 Å². The van der Waals surface area contributed by atoms with Crippen LogP contribution in [-0.4, -0.2) is 17.5 Å². The summed E-state index contributed by atoms with van der Waals surface area (Å²) in [5, 5.41) is 3.67. The number of carbonyl (C=O) groups is 1. The third kappa shape index (κ3) is 2.64. The maximum Gasteiger partial charge on any atom is 0.254 e. The molecule has 1 aliphatic rings. The van der Waals surface area contributed by atoms with Gasteiger partial charge < -0.3 is 15.0 Å². The molecule has 1 amide bonds. The van der Waals surface area contributed by atoms with E-state index < -0.39 is 0 Å². The van der Waals surface area contributed by atoms with Crippen LogP contribution in [-0.2, 0) is 0 Å². The first-order valence-corrected chi connectivity index (χ1v) is 7.33. The number of hydrogen-bond donors (Lipinski definition) is 2. The van der Waals surface area contributed by atoms with Crippen molar-refractivity contribution in [1.82, 2.24) is 10.3 Å². The largest absolute Gasteiger partial charge is 0.489 e. The zero-order valence-corrected chi connectivity index (χ0v) is 13.0. The van der Waals surface area contributed by atoms with Crippen molar-refractivity contribution in [2.75, 3.05) is 6.61 Å².